The molecule has 37 heavy (non-hydrogen) atoms. The predicted octanol–water partition coefficient (Wildman–Crippen LogP) is 3.20. The zero-order valence-electron chi connectivity index (χ0n) is 20.4. The van der Waals surface area contributed by atoms with Gasteiger partial charge < -0.3 is 14.2 Å². The molecule has 2 heterocycles. The minimum absolute atomic E-state index is 0.0766. The third-order valence-corrected chi connectivity index (χ3v) is 6.43. The number of thiazole rings is 1. The van der Waals surface area contributed by atoms with Gasteiger partial charge in [0.25, 0.3) is 5.56 Å². The number of aromatic amines is 1. The average molecular weight is 523 g/mol. The molecule has 2 aromatic carbocycles. The van der Waals surface area contributed by atoms with Gasteiger partial charge in [0.05, 0.1) is 71.8 Å². The number of benzene rings is 2. The molecule has 0 radical (unpaired) electrons. The van der Waals surface area contributed by atoms with Crippen molar-refractivity contribution in [1.29, 1.82) is 0 Å². The van der Waals surface area contributed by atoms with Gasteiger partial charge in [0.1, 0.15) is 0 Å². The van der Waals surface area contributed by atoms with E-state index in [4.69, 9.17) is 14.2 Å². The van der Waals surface area contributed by atoms with Crippen LogP contribution in [0.4, 0.5) is 5.69 Å². The number of nitrogens with zero attached hydrogens (tertiary/aromatic N) is 3. The van der Waals surface area contributed by atoms with Crippen LogP contribution in [0.15, 0.2) is 52.3 Å². The first-order valence-electron chi connectivity index (χ1n) is 10.9. The number of nitrogens with one attached hydrogen (secondary N) is 1. The second-order valence-corrected chi connectivity index (χ2v) is 8.78. The third-order valence-electron chi connectivity index (χ3n) is 5.41. The number of fused-ring (bicyclic) bond motifs is 1. The quantitative estimate of drug-likeness (QED) is 0.222. The van der Waals surface area contributed by atoms with Gasteiger partial charge in [-0.1, -0.05) is 23.5 Å². The molecule has 0 bridgehead atoms. The second-order valence-electron chi connectivity index (χ2n) is 7.77. The molecule has 2 aromatic heterocycles. The van der Waals surface area contributed by atoms with E-state index in [9.17, 15) is 19.2 Å². The van der Waals surface area contributed by atoms with Crippen LogP contribution >= 0.6 is 11.3 Å². The van der Waals surface area contributed by atoms with Crippen molar-refractivity contribution in [2.24, 2.45) is 4.99 Å². The van der Waals surface area contributed by atoms with Crippen molar-refractivity contribution in [1.82, 2.24) is 14.8 Å². The number of hydrogen-bond acceptors (Lipinski definition) is 10. The molecule has 4 rings (SSSR count). The highest BCUT2D eigenvalue weighted by atomic mass is 32.1. The van der Waals surface area contributed by atoms with Gasteiger partial charge >= 0.3 is 17.9 Å². The Kier molecular flexibility index (Phi) is 7.30. The second kappa shape index (κ2) is 10.6. The van der Waals surface area contributed by atoms with Crippen LogP contribution in [0.25, 0.3) is 15.3 Å². The van der Waals surface area contributed by atoms with Gasteiger partial charge in [0, 0.05) is 0 Å². The van der Waals surface area contributed by atoms with Gasteiger partial charge in [0.2, 0.25) is 5.13 Å². The summed E-state index contributed by atoms with van der Waals surface area (Å²) in [6.07, 6.45) is -0.221. The van der Waals surface area contributed by atoms with E-state index >= 15 is 0 Å². The highest BCUT2D eigenvalue weighted by Gasteiger charge is 2.22. The lowest BCUT2D eigenvalue weighted by Crippen LogP contribution is -2.20. The monoisotopic (exact) mass is 522 g/mol. The normalized spacial score (nSPS) is 11.4. The van der Waals surface area contributed by atoms with E-state index in [0.717, 1.165) is 10.2 Å². The van der Waals surface area contributed by atoms with Crippen LogP contribution in [-0.4, -0.2) is 59.7 Å². The molecular weight excluding hydrogens is 500 g/mol. The number of hydrogen-bond donors (Lipinski definition) is 1. The molecule has 0 atom stereocenters. The maximum atomic E-state index is 13.5. The van der Waals surface area contributed by atoms with Crippen LogP contribution < -0.4 is 5.56 Å². The number of esters is 3. The van der Waals surface area contributed by atoms with Crippen LogP contribution in [0.1, 0.15) is 38.9 Å². The molecule has 1 N–H and O–H groups in total. The number of aliphatic imine (C=N–C) groups is 1. The predicted molar refractivity (Wildman–Crippen MR) is 136 cm³/mol. The van der Waals surface area contributed by atoms with Crippen molar-refractivity contribution >= 4 is 50.9 Å². The van der Waals surface area contributed by atoms with Crippen LogP contribution in [0.3, 0.4) is 0 Å². The lowest BCUT2D eigenvalue weighted by Gasteiger charge is -2.06. The van der Waals surface area contributed by atoms with Crippen LogP contribution in [-0.2, 0) is 25.4 Å². The van der Waals surface area contributed by atoms with Crippen molar-refractivity contribution < 1.29 is 28.6 Å². The molecule has 0 saturated heterocycles. The number of H-pyrrole nitrogens is 1. The van der Waals surface area contributed by atoms with E-state index < -0.39 is 23.5 Å². The summed E-state index contributed by atoms with van der Waals surface area (Å²) in [5, 5.41) is 3.35. The Morgan fingerprint density at radius 2 is 1.65 bits per heavy atom. The summed E-state index contributed by atoms with van der Waals surface area (Å²) in [5.41, 5.74) is 1.24. The van der Waals surface area contributed by atoms with Crippen molar-refractivity contribution in [3.63, 3.8) is 0 Å². The Hall–Kier alpha value is -4.58. The van der Waals surface area contributed by atoms with Gasteiger partial charge in [0.15, 0.2) is 0 Å². The molecule has 0 unspecified atom stereocenters. The van der Waals surface area contributed by atoms with E-state index in [2.05, 4.69) is 15.1 Å². The molecule has 11 nitrogen and oxygen atoms in total. The first-order valence-corrected chi connectivity index (χ1v) is 11.7. The smallest absolute Gasteiger partial charge is 0.337 e. The summed E-state index contributed by atoms with van der Waals surface area (Å²) >= 11 is 1.30. The highest BCUT2D eigenvalue weighted by molar-refractivity contribution is 7.20. The number of ether oxygens (including phenoxy) is 3. The Labute approximate surface area is 214 Å². The van der Waals surface area contributed by atoms with Crippen molar-refractivity contribution in [3.8, 4) is 5.13 Å². The molecule has 0 aliphatic carbocycles. The number of aromatic nitrogens is 3. The number of carbonyl (C=O) groups is 3. The molecular formula is C25H22N4O7S. The van der Waals surface area contributed by atoms with Gasteiger partial charge in [-0.25, -0.2) is 14.6 Å². The fourth-order valence-electron chi connectivity index (χ4n) is 3.69. The van der Waals surface area contributed by atoms with Gasteiger partial charge in [-0.2, -0.15) is 4.68 Å². The maximum Gasteiger partial charge on any atom is 0.337 e. The molecule has 0 spiro atoms. The standard InChI is InChI=1S/C25H22N4O7S/c1-13(26-16-10-14(23(32)35-3)9-15(11-16)24(33)36-4)21-18(12-20(30)34-2)28-29(22(21)31)25-27-17-7-5-6-8-19(17)37-25/h5-11,28H,12H2,1-4H3. The topological polar surface area (TPSA) is 142 Å². The summed E-state index contributed by atoms with van der Waals surface area (Å²) in [6, 6.07) is 11.6. The van der Waals surface area contributed by atoms with Crippen molar-refractivity contribution in [2.75, 3.05) is 21.3 Å². The molecule has 4 aromatic rings. The van der Waals surface area contributed by atoms with Gasteiger partial charge in [-0.3, -0.25) is 19.7 Å². The highest BCUT2D eigenvalue weighted by Crippen LogP contribution is 2.25. The van der Waals surface area contributed by atoms with Crippen LogP contribution in [0.5, 0.6) is 0 Å². The number of methoxy groups -OCH3 is 3. The molecule has 0 saturated carbocycles. The Bertz CT molecular complexity index is 1550. The summed E-state index contributed by atoms with van der Waals surface area (Å²) < 4.78 is 16.5. The fourth-order valence-corrected chi connectivity index (χ4v) is 4.61. The largest absolute Gasteiger partial charge is 0.469 e. The Morgan fingerprint density at radius 3 is 2.24 bits per heavy atom. The Balaban J connectivity index is 1.86. The lowest BCUT2D eigenvalue weighted by atomic mass is 10.1. The molecule has 190 valence electrons. The Morgan fingerprint density at radius 1 is 1.00 bits per heavy atom. The summed E-state index contributed by atoms with van der Waals surface area (Å²) in [4.78, 5) is 58.9. The fraction of sp³-hybridized carbons (Fsp3) is 0.200. The molecule has 0 aliphatic rings. The SMILES string of the molecule is COC(=O)Cc1[nH]n(-c2nc3ccccc3s2)c(=O)c1C(C)=Nc1cc(C(=O)OC)cc(C(=O)OC)c1. The minimum Gasteiger partial charge on any atom is -0.469 e. The third kappa shape index (κ3) is 5.19. The summed E-state index contributed by atoms with van der Waals surface area (Å²) in [6.45, 7) is 1.58. The van der Waals surface area contributed by atoms with E-state index in [1.165, 1.54) is 55.5 Å². The van der Waals surface area contributed by atoms with Gasteiger partial charge in [-0.05, 0) is 37.3 Å². The minimum atomic E-state index is -0.675. The van der Waals surface area contributed by atoms with Crippen LogP contribution in [0, 0.1) is 0 Å². The zero-order chi connectivity index (χ0) is 26.7. The van der Waals surface area contributed by atoms with E-state index in [-0.39, 0.29) is 40.2 Å². The van der Waals surface area contributed by atoms with Gasteiger partial charge in [-0.15, -0.1) is 0 Å². The van der Waals surface area contributed by atoms with E-state index in [1.54, 1.807) is 6.92 Å². The van der Waals surface area contributed by atoms with E-state index in [0.29, 0.717) is 5.13 Å². The summed E-state index contributed by atoms with van der Waals surface area (Å²) in [5.74, 6) is -1.91. The number of carbonyl (C=O) groups excluding carboxylic acids is 3. The molecule has 12 heteroatoms. The molecule has 0 amide bonds. The number of para-hydroxylation sites is 1. The molecule has 0 aliphatic heterocycles. The van der Waals surface area contributed by atoms with E-state index in [1.807, 2.05) is 24.3 Å². The van der Waals surface area contributed by atoms with Crippen LogP contribution in [0.2, 0.25) is 0 Å². The van der Waals surface area contributed by atoms with Crippen molar-refractivity contribution in [3.05, 3.63) is 75.2 Å². The molecule has 0 fully saturated rings. The zero-order valence-corrected chi connectivity index (χ0v) is 21.2. The first-order chi connectivity index (χ1) is 17.7. The summed E-state index contributed by atoms with van der Waals surface area (Å²) in [7, 11) is 3.67. The number of rotatable bonds is 7. The maximum absolute atomic E-state index is 13.5. The lowest BCUT2D eigenvalue weighted by molar-refractivity contribution is -0.139. The van der Waals surface area contributed by atoms with Crippen molar-refractivity contribution in [2.45, 2.75) is 13.3 Å². The average Bonchev–Trinajstić information content (AvgIpc) is 3.47. The first kappa shape index (κ1) is 25.5.